The number of hydrogen-bond acceptors (Lipinski definition) is 4. The number of allylic oxidation sites excluding steroid dienone is 2. The third kappa shape index (κ3) is 5.96. The Hall–Kier alpha value is -3.06. The fourth-order valence-corrected chi connectivity index (χ4v) is 4.30. The fraction of sp³-hybridized carbons (Fsp3) is 0.227. The van der Waals surface area contributed by atoms with Gasteiger partial charge < -0.3 is 4.74 Å². The molecule has 1 aliphatic rings. The van der Waals surface area contributed by atoms with Crippen LogP contribution >= 0.6 is 0 Å². The highest BCUT2D eigenvalue weighted by Crippen LogP contribution is 2.18. The highest BCUT2D eigenvalue weighted by molar-refractivity contribution is 7.88. The number of carbonyl (C=O) groups is 1. The van der Waals surface area contributed by atoms with E-state index in [2.05, 4.69) is 12.1 Å². The number of ether oxygens (including phenoxy) is 1. The lowest BCUT2D eigenvalue weighted by Gasteiger charge is -2.31. The van der Waals surface area contributed by atoms with Crippen LogP contribution in [0.1, 0.15) is 24.0 Å². The zero-order chi connectivity index (χ0) is 20.5. The molecule has 0 spiro atoms. The van der Waals surface area contributed by atoms with Gasteiger partial charge in [-0.05, 0) is 42.5 Å². The van der Waals surface area contributed by atoms with Crippen LogP contribution in [0.25, 0.3) is 0 Å². The van der Waals surface area contributed by atoms with Gasteiger partial charge in [-0.3, -0.25) is 0 Å². The first-order chi connectivity index (χ1) is 14.1. The van der Waals surface area contributed by atoms with E-state index < -0.39 is 16.1 Å². The summed E-state index contributed by atoms with van der Waals surface area (Å²) >= 11 is 0. The number of nitrogens with zero attached hydrogens (tertiary/aromatic N) is 2. The van der Waals surface area contributed by atoms with Crippen molar-refractivity contribution in [3.63, 3.8) is 0 Å². The number of benzene rings is 2. The van der Waals surface area contributed by atoms with Crippen molar-refractivity contribution in [2.45, 2.75) is 25.0 Å². The van der Waals surface area contributed by atoms with Crippen molar-refractivity contribution in [2.24, 2.45) is 0 Å². The number of sulfonamides is 1. The second-order valence-electron chi connectivity index (χ2n) is 6.60. The van der Waals surface area contributed by atoms with Gasteiger partial charge in [0.1, 0.15) is 0 Å². The summed E-state index contributed by atoms with van der Waals surface area (Å²) in [5.74, 6) is -0.215. The molecule has 29 heavy (non-hydrogen) atoms. The van der Waals surface area contributed by atoms with Crippen LogP contribution in [0.3, 0.4) is 0 Å². The summed E-state index contributed by atoms with van der Waals surface area (Å²) in [6.45, 7) is 0.228. The number of unbranched alkanes of at least 4 members (excludes halogenated alkanes) is 1. The fourth-order valence-electron chi connectivity index (χ4n) is 2.91. The van der Waals surface area contributed by atoms with Crippen LogP contribution < -0.4 is 0 Å². The zero-order valence-corrected chi connectivity index (χ0v) is 16.9. The molecular formula is C22H24N2O4S. The maximum absolute atomic E-state index is 12.8. The van der Waals surface area contributed by atoms with Gasteiger partial charge in [0.05, 0.1) is 12.4 Å². The summed E-state index contributed by atoms with van der Waals surface area (Å²) in [4.78, 5) is 12.5. The van der Waals surface area contributed by atoms with Gasteiger partial charge in [0, 0.05) is 12.4 Å². The number of aryl methyl sites for hydroxylation is 1. The summed E-state index contributed by atoms with van der Waals surface area (Å²) in [6, 6.07) is 18.9. The number of hydrazine groups is 1. The Morgan fingerprint density at radius 1 is 0.828 bits per heavy atom. The van der Waals surface area contributed by atoms with E-state index in [0.29, 0.717) is 12.0 Å². The third-order valence-corrected chi connectivity index (χ3v) is 5.92. The third-order valence-electron chi connectivity index (χ3n) is 4.36. The van der Waals surface area contributed by atoms with E-state index in [4.69, 9.17) is 4.74 Å². The molecular weight excluding hydrogens is 388 g/mol. The summed E-state index contributed by atoms with van der Waals surface area (Å²) in [7, 11) is -3.78. The van der Waals surface area contributed by atoms with E-state index in [0.717, 1.165) is 22.3 Å². The Morgan fingerprint density at radius 2 is 1.45 bits per heavy atom. The first-order valence-electron chi connectivity index (χ1n) is 9.47. The van der Waals surface area contributed by atoms with Crippen molar-refractivity contribution in [2.75, 3.05) is 6.61 Å². The Balaban J connectivity index is 1.53. The van der Waals surface area contributed by atoms with Crippen LogP contribution in [0.4, 0.5) is 4.79 Å². The van der Waals surface area contributed by atoms with Gasteiger partial charge >= 0.3 is 6.09 Å². The predicted molar refractivity (Wildman–Crippen MR) is 112 cm³/mol. The molecule has 6 nitrogen and oxygen atoms in total. The van der Waals surface area contributed by atoms with Crippen LogP contribution in [-0.4, -0.2) is 30.5 Å². The topological polar surface area (TPSA) is 66.9 Å². The van der Waals surface area contributed by atoms with Gasteiger partial charge in [-0.25, -0.2) is 13.2 Å². The van der Waals surface area contributed by atoms with Gasteiger partial charge in [-0.15, -0.1) is 0 Å². The largest absolute Gasteiger partial charge is 0.448 e. The number of hydrogen-bond donors (Lipinski definition) is 0. The van der Waals surface area contributed by atoms with Gasteiger partial charge in [-0.2, -0.15) is 9.42 Å². The van der Waals surface area contributed by atoms with E-state index >= 15 is 0 Å². The predicted octanol–water partition coefficient (Wildman–Crippen LogP) is 4.24. The van der Waals surface area contributed by atoms with Crippen LogP contribution in [0.2, 0.25) is 0 Å². The molecule has 0 unspecified atom stereocenters. The normalized spacial score (nSPS) is 13.5. The Morgan fingerprint density at radius 3 is 2.14 bits per heavy atom. The number of amides is 1. The first kappa shape index (κ1) is 20.7. The summed E-state index contributed by atoms with van der Waals surface area (Å²) < 4.78 is 31.8. The van der Waals surface area contributed by atoms with Crippen molar-refractivity contribution < 1.29 is 17.9 Å². The number of carbonyl (C=O) groups excluding carboxylic acids is 1. The maximum atomic E-state index is 12.8. The van der Waals surface area contributed by atoms with Gasteiger partial charge in [-0.1, -0.05) is 60.7 Å². The smallest absolute Gasteiger partial charge is 0.433 e. The molecule has 0 bridgehead atoms. The van der Waals surface area contributed by atoms with Gasteiger partial charge in [0.15, 0.2) is 0 Å². The van der Waals surface area contributed by atoms with Gasteiger partial charge in [0.2, 0.25) is 0 Å². The van der Waals surface area contributed by atoms with Crippen molar-refractivity contribution in [3.05, 3.63) is 96.3 Å². The van der Waals surface area contributed by atoms with E-state index in [1.165, 1.54) is 18.0 Å². The van der Waals surface area contributed by atoms with E-state index in [1.54, 1.807) is 36.4 Å². The zero-order valence-electron chi connectivity index (χ0n) is 16.1. The average Bonchev–Trinajstić information content (AvgIpc) is 2.74. The minimum atomic E-state index is -3.78. The molecule has 0 N–H and O–H groups in total. The van der Waals surface area contributed by atoms with Crippen LogP contribution in [0.5, 0.6) is 0 Å². The molecule has 0 saturated carbocycles. The minimum absolute atomic E-state index is 0.215. The van der Waals surface area contributed by atoms with E-state index in [-0.39, 0.29) is 12.4 Å². The lowest BCUT2D eigenvalue weighted by Crippen LogP contribution is -2.45. The van der Waals surface area contributed by atoms with Crippen molar-refractivity contribution in [3.8, 4) is 0 Å². The SMILES string of the molecule is O=C(OCCCCc1ccccc1)N1C=CC=CN1S(=O)(=O)Cc1ccccc1. The molecule has 1 heterocycles. The quantitative estimate of drug-likeness (QED) is 0.609. The first-order valence-corrected chi connectivity index (χ1v) is 11.1. The van der Waals surface area contributed by atoms with Crippen molar-refractivity contribution >= 4 is 16.1 Å². The van der Waals surface area contributed by atoms with E-state index in [9.17, 15) is 13.2 Å². The van der Waals surface area contributed by atoms with Crippen molar-refractivity contribution in [1.29, 1.82) is 0 Å². The molecule has 1 amide bonds. The lowest BCUT2D eigenvalue weighted by atomic mass is 10.1. The standard InChI is InChI=1S/C22H24N2O4S/c25-22(28-18-10-7-13-20-11-3-1-4-12-20)23-16-8-9-17-24(23)29(26,27)19-21-14-5-2-6-15-21/h1-6,8-9,11-12,14-17H,7,10,13,18-19H2. The average molecular weight is 413 g/mol. The molecule has 0 atom stereocenters. The Bertz CT molecular complexity index is 957. The summed E-state index contributed by atoms with van der Waals surface area (Å²) in [5.41, 5.74) is 1.88. The summed E-state index contributed by atoms with van der Waals surface area (Å²) in [6.07, 6.45) is 7.64. The number of rotatable bonds is 8. The van der Waals surface area contributed by atoms with Crippen LogP contribution in [0.15, 0.2) is 85.2 Å². The van der Waals surface area contributed by atoms with E-state index in [1.807, 2.05) is 24.3 Å². The van der Waals surface area contributed by atoms with Crippen LogP contribution in [0, 0.1) is 0 Å². The second-order valence-corrected chi connectivity index (χ2v) is 8.43. The monoisotopic (exact) mass is 412 g/mol. The highest BCUT2D eigenvalue weighted by atomic mass is 32.2. The Kier molecular flexibility index (Phi) is 7.08. The molecule has 1 aliphatic heterocycles. The molecule has 2 aromatic carbocycles. The molecule has 2 aromatic rings. The van der Waals surface area contributed by atoms with Crippen LogP contribution in [-0.2, 0) is 26.9 Å². The minimum Gasteiger partial charge on any atom is -0.448 e. The molecule has 7 heteroatoms. The maximum Gasteiger partial charge on any atom is 0.433 e. The molecule has 0 aromatic heterocycles. The van der Waals surface area contributed by atoms with Crippen molar-refractivity contribution in [1.82, 2.24) is 9.42 Å². The molecule has 0 fully saturated rings. The molecule has 0 aliphatic carbocycles. The molecule has 0 radical (unpaired) electrons. The van der Waals surface area contributed by atoms with Gasteiger partial charge in [0.25, 0.3) is 10.0 Å². The molecule has 3 rings (SSSR count). The lowest BCUT2D eigenvalue weighted by molar-refractivity contribution is 0.0765. The summed E-state index contributed by atoms with van der Waals surface area (Å²) in [5, 5.41) is 0.982. The second kappa shape index (κ2) is 9.93. The highest BCUT2D eigenvalue weighted by Gasteiger charge is 2.30. The molecule has 152 valence electrons. The Labute approximate surface area is 171 Å². The molecule has 0 saturated heterocycles.